The lowest BCUT2D eigenvalue weighted by atomic mass is 9.83. The SMILES string of the molecule is CC[C@H](C)[C@@H]([C@H](CO)CC(=O)N1CCC[C@H]1[C@H](CO)[C@@H](C)C(=O)N[C@H](C)[C@@H](O)c1ccccc1)N(C)C(=O)[C@@H](NC(=O)[C@H](C(C)C)N(C)C(=O)OCc1ccc(NC(=O)[C@H](CCCNC(N)=O)NC(=O)[C@@H](NC(=O)COCCOCCN2C(=O)C=CC2=O)C(C)C)cc1)C(C)C. The Hall–Kier alpha value is -8.05. The topological polar surface area (TPSA) is 387 Å². The zero-order chi connectivity index (χ0) is 71.5. The van der Waals surface area contributed by atoms with Gasteiger partial charge in [0, 0.05) is 94.5 Å². The summed E-state index contributed by atoms with van der Waals surface area (Å²) in [4.78, 5) is 152. The number of ether oxygens (including phenoxy) is 3. The van der Waals surface area contributed by atoms with Crippen LogP contribution in [0.3, 0.4) is 0 Å². The first-order chi connectivity index (χ1) is 45.5. The molecule has 12 amide bonds. The van der Waals surface area contributed by atoms with Crippen LogP contribution in [0.5, 0.6) is 0 Å². The first kappa shape index (κ1) is 80.4. The maximum Gasteiger partial charge on any atom is 0.410 e. The molecule has 0 aromatic heterocycles. The number of rotatable bonds is 40. The van der Waals surface area contributed by atoms with Crippen LogP contribution in [0.4, 0.5) is 15.3 Å². The van der Waals surface area contributed by atoms with E-state index in [4.69, 9.17) is 19.9 Å². The van der Waals surface area contributed by atoms with Gasteiger partial charge in [0.05, 0.1) is 38.5 Å². The van der Waals surface area contributed by atoms with Crippen molar-refractivity contribution < 1.29 is 82.3 Å². The van der Waals surface area contributed by atoms with Crippen LogP contribution >= 0.6 is 0 Å². The number of aliphatic hydroxyl groups excluding tert-OH is 3. The lowest BCUT2D eigenvalue weighted by Crippen LogP contribution is -2.59. The Kier molecular flexibility index (Phi) is 33.4. The van der Waals surface area contributed by atoms with Crippen LogP contribution in [-0.4, -0.2) is 216 Å². The number of urea groups is 1. The smallest absolute Gasteiger partial charge is 0.410 e. The number of carbonyl (C=O) groups excluding carboxylic acids is 11. The fraction of sp³-hybridized carbons (Fsp3) is 0.632. The molecule has 1 fully saturated rings. The number of carbonyl (C=O) groups is 11. The molecular formula is C68H105N11O17. The molecule has 2 aromatic carbocycles. The van der Waals surface area contributed by atoms with Crippen LogP contribution in [-0.2, 0) is 64.0 Å². The van der Waals surface area contributed by atoms with Gasteiger partial charge in [-0.15, -0.1) is 0 Å². The Balaban J connectivity index is 1.36. The zero-order valence-corrected chi connectivity index (χ0v) is 57.7. The summed E-state index contributed by atoms with van der Waals surface area (Å²) in [5.41, 5.74) is 6.68. The third-order valence-corrected chi connectivity index (χ3v) is 17.8. The molecule has 0 radical (unpaired) electrons. The van der Waals surface area contributed by atoms with E-state index in [0.717, 1.165) is 9.80 Å². The fourth-order valence-electron chi connectivity index (χ4n) is 12.1. The van der Waals surface area contributed by atoms with Crippen molar-refractivity contribution >= 4 is 71.0 Å². The number of anilines is 1. The van der Waals surface area contributed by atoms with Crippen molar-refractivity contribution in [1.29, 1.82) is 0 Å². The number of aliphatic hydroxyl groups is 3. The van der Waals surface area contributed by atoms with Crippen LogP contribution in [0.15, 0.2) is 66.7 Å². The monoisotopic (exact) mass is 1350 g/mol. The molecule has 2 aliphatic rings. The van der Waals surface area contributed by atoms with Gasteiger partial charge < -0.3 is 77.0 Å². The molecule has 2 aromatic rings. The van der Waals surface area contributed by atoms with Crippen molar-refractivity contribution in [2.45, 2.75) is 163 Å². The maximum atomic E-state index is 14.8. The van der Waals surface area contributed by atoms with Gasteiger partial charge in [-0.05, 0) is 79.5 Å². The minimum atomic E-state index is -1.15. The van der Waals surface area contributed by atoms with Crippen LogP contribution in [0, 0.1) is 41.4 Å². The lowest BCUT2D eigenvalue weighted by Gasteiger charge is -2.41. The Labute approximate surface area is 563 Å². The van der Waals surface area contributed by atoms with E-state index < -0.39 is 151 Å². The molecule has 12 atom stereocenters. The highest BCUT2D eigenvalue weighted by molar-refractivity contribution is 6.12. The summed E-state index contributed by atoms with van der Waals surface area (Å²) in [5, 5.41) is 49.1. The van der Waals surface area contributed by atoms with Gasteiger partial charge in [0.15, 0.2) is 0 Å². The van der Waals surface area contributed by atoms with Crippen molar-refractivity contribution in [1.82, 2.24) is 46.2 Å². The van der Waals surface area contributed by atoms with E-state index in [1.54, 1.807) is 116 Å². The molecule has 28 nitrogen and oxygen atoms in total. The second-order valence-corrected chi connectivity index (χ2v) is 25.9. The average Bonchev–Trinajstić information content (AvgIpc) is 1.39. The van der Waals surface area contributed by atoms with E-state index in [9.17, 15) is 68.1 Å². The molecule has 0 bridgehead atoms. The Morgan fingerprint density at radius 2 is 1.35 bits per heavy atom. The van der Waals surface area contributed by atoms with Gasteiger partial charge in [-0.3, -0.25) is 53.0 Å². The second kappa shape index (κ2) is 39.9. The molecule has 534 valence electrons. The van der Waals surface area contributed by atoms with Crippen LogP contribution < -0.4 is 37.6 Å². The number of likely N-dealkylation sites (N-methyl/N-ethyl adjacent to an activating group) is 2. The zero-order valence-electron chi connectivity index (χ0n) is 57.7. The summed E-state index contributed by atoms with van der Waals surface area (Å²) in [7, 11) is 3.00. The van der Waals surface area contributed by atoms with E-state index in [1.807, 2.05) is 19.9 Å². The lowest BCUT2D eigenvalue weighted by molar-refractivity contribution is -0.144. The Bertz CT molecular complexity index is 2920. The minimum absolute atomic E-state index is 0.000923. The Morgan fingerprint density at radius 1 is 0.719 bits per heavy atom. The van der Waals surface area contributed by atoms with Gasteiger partial charge in [0.25, 0.3) is 11.8 Å². The first-order valence-electron chi connectivity index (χ1n) is 33.2. The quantitative estimate of drug-likeness (QED) is 0.0339. The number of likely N-dealkylation sites (tertiary alicyclic amines) is 1. The molecule has 96 heavy (non-hydrogen) atoms. The fourth-order valence-corrected chi connectivity index (χ4v) is 12.1. The van der Waals surface area contributed by atoms with Gasteiger partial charge in [-0.25, -0.2) is 9.59 Å². The number of hydrogen-bond acceptors (Lipinski definition) is 17. The highest BCUT2D eigenvalue weighted by atomic mass is 16.6. The van der Waals surface area contributed by atoms with E-state index in [-0.39, 0.29) is 83.1 Å². The summed E-state index contributed by atoms with van der Waals surface area (Å²) < 4.78 is 16.5. The number of nitrogens with one attached hydrogen (secondary N) is 6. The molecular weight excluding hydrogens is 1240 g/mol. The van der Waals surface area contributed by atoms with Crippen LogP contribution in [0.25, 0.3) is 0 Å². The number of hydrogen-bond donors (Lipinski definition) is 10. The standard InChI is InChI=1S/C68H105N11O17/c1-13-43(8)60(48(36-80)35-56(85)78-30-18-22-52(78)50(37-81)44(9)62(87)71-45(10)61(86)47-19-15-14-16-20-47)76(11)66(91)58(41(4)5)75-65(90)59(42(6)7)77(12)68(93)96-38-46-23-25-49(26-24-46)72-63(88)51(21-17-29-70-67(69)92)73-64(89)57(40(2)3)74-53(82)39-95-34-33-94-32-31-79-54(83)27-28-55(79)84/h14-16,19-20,23-28,40-45,48,50-52,57-61,80-81,86H,13,17-18,21-22,29-39H2,1-12H3,(H,71,87)(H,72,88)(H,73,89)(H,74,82)(H,75,90)(H3,69,70,92)/t43-,44+,45+,48-,50+,51-,52-,57-,58-,59-,60-,61+/m0/s1. The Morgan fingerprint density at radius 3 is 1.94 bits per heavy atom. The maximum absolute atomic E-state index is 14.8. The summed E-state index contributed by atoms with van der Waals surface area (Å²) in [6.07, 6.45) is 2.37. The van der Waals surface area contributed by atoms with Crippen molar-refractivity contribution in [3.8, 4) is 0 Å². The summed E-state index contributed by atoms with van der Waals surface area (Å²) in [5.74, 6) is -8.27. The van der Waals surface area contributed by atoms with Gasteiger partial charge in [0.2, 0.25) is 41.4 Å². The molecule has 2 aliphatic heterocycles. The molecule has 11 N–H and O–H groups in total. The predicted octanol–water partition coefficient (Wildman–Crippen LogP) is 2.74. The highest BCUT2D eigenvalue weighted by Crippen LogP contribution is 2.33. The van der Waals surface area contributed by atoms with Gasteiger partial charge in [-0.2, -0.15) is 0 Å². The second-order valence-electron chi connectivity index (χ2n) is 25.9. The van der Waals surface area contributed by atoms with E-state index >= 15 is 0 Å². The predicted molar refractivity (Wildman–Crippen MR) is 356 cm³/mol. The number of amides is 12. The molecule has 0 unspecified atom stereocenters. The van der Waals surface area contributed by atoms with E-state index in [0.29, 0.717) is 42.6 Å². The molecule has 0 spiro atoms. The first-order valence-corrected chi connectivity index (χ1v) is 33.2. The van der Waals surface area contributed by atoms with Crippen molar-refractivity contribution in [3.05, 3.63) is 77.9 Å². The number of primary amides is 1. The number of benzene rings is 2. The molecule has 0 aliphatic carbocycles. The van der Waals surface area contributed by atoms with Crippen molar-refractivity contribution in [2.24, 2.45) is 47.2 Å². The third kappa shape index (κ3) is 23.9. The van der Waals surface area contributed by atoms with Crippen LogP contribution in [0.2, 0.25) is 0 Å². The molecule has 1 saturated heterocycles. The van der Waals surface area contributed by atoms with E-state index in [2.05, 4.69) is 31.9 Å². The molecule has 4 rings (SSSR count). The number of nitrogens with zero attached hydrogens (tertiary/aromatic N) is 4. The highest BCUT2D eigenvalue weighted by Gasteiger charge is 2.44. The molecule has 28 heteroatoms. The number of nitrogens with two attached hydrogens (primary N) is 1. The normalized spacial score (nSPS) is 17.3. The van der Waals surface area contributed by atoms with Gasteiger partial charge in [-0.1, -0.05) is 111 Å². The largest absolute Gasteiger partial charge is 0.445 e. The molecule has 0 saturated carbocycles. The van der Waals surface area contributed by atoms with Gasteiger partial charge >= 0.3 is 12.1 Å². The minimum Gasteiger partial charge on any atom is -0.445 e. The molecule has 2 heterocycles. The summed E-state index contributed by atoms with van der Waals surface area (Å²) in [6.45, 7) is 16.8. The third-order valence-electron chi connectivity index (χ3n) is 17.8. The number of imide groups is 1. The van der Waals surface area contributed by atoms with Crippen molar-refractivity contribution in [3.63, 3.8) is 0 Å². The average molecular weight is 1350 g/mol. The van der Waals surface area contributed by atoms with E-state index in [1.165, 1.54) is 24.1 Å². The van der Waals surface area contributed by atoms with Gasteiger partial charge in [0.1, 0.15) is 37.4 Å². The van der Waals surface area contributed by atoms with Crippen LogP contribution in [0.1, 0.15) is 125 Å². The van der Waals surface area contributed by atoms with Crippen molar-refractivity contribution in [2.75, 3.05) is 78.7 Å². The summed E-state index contributed by atoms with van der Waals surface area (Å²) >= 11 is 0. The summed E-state index contributed by atoms with van der Waals surface area (Å²) in [6, 6.07) is 8.17.